The first-order valence-corrected chi connectivity index (χ1v) is 22.3. The van der Waals surface area contributed by atoms with Crippen molar-refractivity contribution in [2.24, 2.45) is 0 Å². The average molecular weight is 718 g/mol. The fourth-order valence-corrected chi connectivity index (χ4v) is 6.71. The van der Waals surface area contributed by atoms with Crippen LogP contribution in [0, 0.1) is 0 Å². The van der Waals surface area contributed by atoms with Gasteiger partial charge in [0.25, 0.3) is 0 Å². The van der Waals surface area contributed by atoms with E-state index in [4.69, 9.17) is 0 Å². The van der Waals surface area contributed by atoms with Crippen LogP contribution >= 0.6 is 0 Å². The molecule has 3 atom stereocenters. The highest BCUT2D eigenvalue weighted by atomic mass is 16.3. The number of hydrogen-bond acceptors (Lipinski definition) is 4. The average Bonchev–Trinajstić information content (AvgIpc) is 3.12. The summed E-state index contributed by atoms with van der Waals surface area (Å²) in [7, 11) is 0. The Morgan fingerprint density at radius 3 is 1.25 bits per heavy atom. The Morgan fingerprint density at radius 2 is 0.843 bits per heavy atom. The van der Waals surface area contributed by atoms with Gasteiger partial charge in [0.1, 0.15) is 0 Å². The Kier molecular flexibility index (Phi) is 40.2. The molecule has 0 spiro atoms. The summed E-state index contributed by atoms with van der Waals surface area (Å²) < 4.78 is 0. The van der Waals surface area contributed by atoms with E-state index < -0.39 is 18.2 Å². The molecule has 5 nitrogen and oxygen atoms in total. The lowest BCUT2D eigenvalue weighted by atomic mass is 10.0. The van der Waals surface area contributed by atoms with Crippen molar-refractivity contribution < 1.29 is 20.1 Å². The van der Waals surface area contributed by atoms with Crippen molar-refractivity contribution in [3.63, 3.8) is 0 Å². The van der Waals surface area contributed by atoms with Gasteiger partial charge in [-0.15, -0.1) is 0 Å². The minimum atomic E-state index is -0.957. The van der Waals surface area contributed by atoms with Crippen LogP contribution < -0.4 is 5.32 Å². The Balaban J connectivity index is 3.67. The van der Waals surface area contributed by atoms with Crippen LogP contribution in [0.1, 0.15) is 226 Å². The summed E-state index contributed by atoms with van der Waals surface area (Å²) in [5.41, 5.74) is 0. The molecule has 0 aliphatic rings. The molecule has 4 N–H and O–H groups in total. The van der Waals surface area contributed by atoms with Crippen LogP contribution in [0.25, 0.3) is 0 Å². The SMILES string of the molecule is CCCCCCCC/C=C\CCCC(O)CC(=O)NC(CO)C(O)/C=C/CC/C=C/CCCCCCCCCCCCCCCCCCCCC. The van der Waals surface area contributed by atoms with Gasteiger partial charge in [-0.25, -0.2) is 0 Å². The monoisotopic (exact) mass is 718 g/mol. The van der Waals surface area contributed by atoms with Gasteiger partial charge in [0.15, 0.2) is 0 Å². The van der Waals surface area contributed by atoms with Gasteiger partial charge in [-0.05, 0) is 57.8 Å². The van der Waals surface area contributed by atoms with Crippen LogP contribution in [0.5, 0.6) is 0 Å². The summed E-state index contributed by atoms with van der Waals surface area (Å²) in [5.74, 6) is -0.342. The number of unbranched alkanes of at least 4 members (excludes halogenated alkanes) is 27. The zero-order chi connectivity index (χ0) is 37.3. The highest BCUT2D eigenvalue weighted by Crippen LogP contribution is 2.15. The van der Waals surface area contributed by atoms with E-state index in [-0.39, 0.29) is 18.9 Å². The molecule has 5 heteroatoms. The molecule has 0 aliphatic heterocycles. The molecule has 0 aromatic rings. The van der Waals surface area contributed by atoms with E-state index in [0.717, 1.165) is 38.5 Å². The van der Waals surface area contributed by atoms with E-state index in [1.165, 1.54) is 161 Å². The number of aliphatic hydroxyl groups excluding tert-OH is 3. The predicted molar refractivity (Wildman–Crippen MR) is 222 cm³/mol. The predicted octanol–water partition coefficient (Wildman–Crippen LogP) is 12.8. The van der Waals surface area contributed by atoms with Crippen molar-refractivity contribution in [3.05, 3.63) is 36.5 Å². The number of rotatable bonds is 40. The minimum absolute atomic E-state index is 0.0152. The Labute approximate surface area is 317 Å². The van der Waals surface area contributed by atoms with Crippen molar-refractivity contribution in [2.75, 3.05) is 6.61 Å². The normalized spacial score (nSPS) is 13.9. The van der Waals surface area contributed by atoms with E-state index >= 15 is 0 Å². The van der Waals surface area contributed by atoms with Gasteiger partial charge in [0.05, 0.1) is 31.3 Å². The van der Waals surface area contributed by atoms with Gasteiger partial charge in [0.2, 0.25) is 5.91 Å². The molecule has 0 bridgehead atoms. The molecule has 3 unspecified atom stereocenters. The maximum absolute atomic E-state index is 12.4. The van der Waals surface area contributed by atoms with Gasteiger partial charge in [-0.3, -0.25) is 4.79 Å². The zero-order valence-corrected chi connectivity index (χ0v) is 34.0. The number of hydrogen-bond donors (Lipinski definition) is 4. The molecule has 0 aromatic heterocycles. The summed E-state index contributed by atoms with van der Waals surface area (Å²) in [4.78, 5) is 12.4. The summed E-state index contributed by atoms with van der Waals surface area (Å²) >= 11 is 0. The number of carbonyl (C=O) groups is 1. The molecule has 0 aliphatic carbocycles. The molecule has 300 valence electrons. The third-order valence-electron chi connectivity index (χ3n) is 10.1. The van der Waals surface area contributed by atoms with E-state index in [9.17, 15) is 20.1 Å². The molecule has 0 saturated heterocycles. The standard InChI is InChI=1S/C46H87NO4/c1-3-5-7-9-11-13-15-16-17-18-19-20-21-22-23-24-25-26-27-28-30-32-34-36-38-40-45(50)44(42-48)47-46(51)41-43(49)39-37-35-33-31-29-14-12-10-8-6-4-2/h30-33,38,40,43-45,48-50H,3-29,34-37,39,41-42H2,1-2H3,(H,47,51)/b32-30+,33-31-,40-38+. The molecule has 51 heavy (non-hydrogen) atoms. The second kappa shape index (κ2) is 41.3. The number of carbonyl (C=O) groups excluding carboxylic acids is 1. The second-order valence-corrected chi connectivity index (χ2v) is 15.3. The number of allylic oxidation sites excluding steroid dienone is 5. The third kappa shape index (κ3) is 38.1. The highest BCUT2D eigenvalue weighted by molar-refractivity contribution is 5.76. The van der Waals surface area contributed by atoms with E-state index in [2.05, 4.69) is 43.5 Å². The largest absolute Gasteiger partial charge is 0.394 e. The molecule has 0 aromatic carbocycles. The van der Waals surface area contributed by atoms with Gasteiger partial charge < -0.3 is 20.6 Å². The van der Waals surface area contributed by atoms with Crippen LogP contribution in [0.3, 0.4) is 0 Å². The summed E-state index contributed by atoms with van der Waals surface area (Å²) in [6.07, 6.45) is 51.6. The summed E-state index contributed by atoms with van der Waals surface area (Å²) in [5, 5.41) is 33.1. The van der Waals surface area contributed by atoms with Crippen LogP contribution in [0.15, 0.2) is 36.5 Å². The van der Waals surface area contributed by atoms with Gasteiger partial charge in [0, 0.05) is 0 Å². The zero-order valence-electron chi connectivity index (χ0n) is 34.0. The molecular weight excluding hydrogens is 631 g/mol. The van der Waals surface area contributed by atoms with E-state index in [1.54, 1.807) is 6.08 Å². The molecule has 0 fully saturated rings. The third-order valence-corrected chi connectivity index (χ3v) is 10.1. The number of nitrogens with one attached hydrogen (secondary N) is 1. The van der Waals surface area contributed by atoms with Crippen LogP contribution in [0.4, 0.5) is 0 Å². The van der Waals surface area contributed by atoms with Gasteiger partial charge in [-0.2, -0.15) is 0 Å². The van der Waals surface area contributed by atoms with Crippen LogP contribution in [-0.2, 0) is 4.79 Å². The highest BCUT2D eigenvalue weighted by Gasteiger charge is 2.20. The van der Waals surface area contributed by atoms with Crippen molar-refractivity contribution in [3.8, 4) is 0 Å². The fraction of sp³-hybridized carbons (Fsp3) is 0.848. The van der Waals surface area contributed by atoms with E-state index in [1.807, 2.05) is 6.08 Å². The lowest BCUT2D eigenvalue weighted by Crippen LogP contribution is -2.45. The first-order valence-electron chi connectivity index (χ1n) is 22.3. The van der Waals surface area contributed by atoms with Crippen molar-refractivity contribution in [1.29, 1.82) is 0 Å². The van der Waals surface area contributed by atoms with Gasteiger partial charge >= 0.3 is 0 Å². The lowest BCUT2D eigenvalue weighted by molar-refractivity contribution is -0.124. The molecular formula is C46H87NO4. The fourth-order valence-electron chi connectivity index (χ4n) is 6.71. The van der Waals surface area contributed by atoms with Crippen LogP contribution in [0.2, 0.25) is 0 Å². The number of amides is 1. The Bertz CT molecular complexity index is 794. The summed E-state index contributed by atoms with van der Waals surface area (Å²) in [6.45, 7) is 4.18. The minimum Gasteiger partial charge on any atom is -0.394 e. The number of aliphatic hydroxyl groups is 3. The van der Waals surface area contributed by atoms with E-state index in [0.29, 0.717) is 6.42 Å². The summed E-state index contributed by atoms with van der Waals surface area (Å²) in [6, 6.07) is -0.768. The maximum atomic E-state index is 12.4. The maximum Gasteiger partial charge on any atom is 0.222 e. The Morgan fingerprint density at radius 1 is 0.490 bits per heavy atom. The molecule has 0 rings (SSSR count). The molecule has 0 radical (unpaired) electrons. The molecule has 1 amide bonds. The molecule has 0 heterocycles. The van der Waals surface area contributed by atoms with Crippen molar-refractivity contribution >= 4 is 5.91 Å². The lowest BCUT2D eigenvalue weighted by Gasteiger charge is -2.20. The first-order chi connectivity index (χ1) is 25.0. The second-order valence-electron chi connectivity index (χ2n) is 15.3. The Hall–Kier alpha value is -1.43. The van der Waals surface area contributed by atoms with Gasteiger partial charge in [-0.1, -0.05) is 198 Å². The first kappa shape index (κ1) is 49.6. The van der Waals surface area contributed by atoms with Crippen LogP contribution in [-0.4, -0.2) is 46.1 Å². The molecule has 0 saturated carbocycles. The van der Waals surface area contributed by atoms with Crippen molar-refractivity contribution in [1.82, 2.24) is 5.32 Å². The topological polar surface area (TPSA) is 89.8 Å². The smallest absolute Gasteiger partial charge is 0.222 e. The van der Waals surface area contributed by atoms with Crippen molar-refractivity contribution in [2.45, 2.75) is 244 Å². The quantitative estimate of drug-likeness (QED) is 0.0375.